The lowest BCUT2D eigenvalue weighted by Gasteiger charge is -2.34. The van der Waals surface area contributed by atoms with Gasteiger partial charge in [-0.3, -0.25) is 9.69 Å². The van der Waals surface area contributed by atoms with Crippen molar-refractivity contribution in [2.24, 2.45) is 0 Å². The van der Waals surface area contributed by atoms with Crippen LogP contribution < -0.4 is 0 Å². The van der Waals surface area contributed by atoms with E-state index in [-0.39, 0.29) is 5.91 Å². The second-order valence-corrected chi connectivity index (χ2v) is 6.77. The number of aromatic amines is 1. The zero-order valence-electron chi connectivity index (χ0n) is 15.2. The van der Waals surface area contributed by atoms with Crippen LogP contribution in [0, 0.1) is 13.8 Å². The summed E-state index contributed by atoms with van der Waals surface area (Å²) in [6.07, 6.45) is 4.87. The minimum atomic E-state index is 0.238. The third-order valence-electron chi connectivity index (χ3n) is 4.80. The number of rotatable bonds is 5. The maximum absolute atomic E-state index is 12.5. The molecule has 1 aliphatic rings. The Kier molecular flexibility index (Phi) is 5.71. The van der Waals surface area contributed by atoms with Crippen LogP contribution in [0.25, 0.3) is 6.08 Å². The van der Waals surface area contributed by atoms with Gasteiger partial charge in [-0.15, -0.1) is 0 Å². The molecule has 0 unspecified atom stereocenters. The summed E-state index contributed by atoms with van der Waals surface area (Å²) in [7, 11) is 0. The third-order valence-corrected chi connectivity index (χ3v) is 4.80. The number of piperazine rings is 1. The van der Waals surface area contributed by atoms with E-state index in [0.717, 1.165) is 49.7 Å². The molecule has 0 aliphatic carbocycles. The minimum Gasteiger partial charge on any atom is -0.362 e. The number of hydrogen-bond donors (Lipinski definition) is 1. The Hall–Kier alpha value is -2.33. The topological polar surface area (TPSA) is 39.3 Å². The summed E-state index contributed by atoms with van der Waals surface area (Å²) < 4.78 is 0. The Morgan fingerprint density at radius 2 is 1.84 bits per heavy atom. The average Bonchev–Trinajstić information content (AvgIpc) is 2.93. The predicted octanol–water partition coefficient (Wildman–Crippen LogP) is 3.03. The summed E-state index contributed by atoms with van der Waals surface area (Å²) in [5.41, 5.74) is 4.58. The first-order chi connectivity index (χ1) is 12.1. The van der Waals surface area contributed by atoms with Crippen molar-refractivity contribution in [3.05, 3.63) is 65.0 Å². The molecule has 0 atom stereocenters. The fourth-order valence-corrected chi connectivity index (χ4v) is 3.32. The number of nitrogens with zero attached hydrogens (tertiary/aromatic N) is 2. The zero-order chi connectivity index (χ0) is 17.6. The monoisotopic (exact) mass is 337 g/mol. The molecule has 0 saturated carbocycles. The van der Waals surface area contributed by atoms with E-state index in [1.807, 2.05) is 24.8 Å². The van der Waals surface area contributed by atoms with Gasteiger partial charge >= 0.3 is 0 Å². The number of H-pyrrole nitrogens is 1. The van der Waals surface area contributed by atoms with Gasteiger partial charge in [0.05, 0.1) is 6.42 Å². The molecule has 4 heteroatoms. The number of carbonyl (C=O) groups excluding carboxylic acids is 1. The Labute approximate surface area is 150 Å². The molecule has 1 aromatic heterocycles. The maximum Gasteiger partial charge on any atom is 0.227 e. The number of carbonyl (C=O) groups is 1. The number of benzene rings is 1. The van der Waals surface area contributed by atoms with E-state index in [2.05, 4.69) is 52.4 Å². The largest absolute Gasteiger partial charge is 0.362 e. The van der Waals surface area contributed by atoms with Crippen LogP contribution in [0.1, 0.15) is 22.5 Å². The summed E-state index contributed by atoms with van der Waals surface area (Å²) in [5.74, 6) is 0.238. The number of amides is 1. The Morgan fingerprint density at radius 1 is 1.12 bits per heavy atom. The van der Waals surface area contributed by atoms with Gasteiger partial charge in [0, 0.05) is 44.1 Å². The van der Waals surface area contributed by atoms with Crippen molar-refractivity contribution in [3.63, 3.8) is 0 Å². The van der Waals surface area contributed by atoms with Gasteiger partial charge in [0.2, 0.25) is 5.91 Å². The van der Waals surface area contributed by atoms with Gasteiger partial charge in [0.25, 0.3) is 0 Å². The van der Waals surface area contributed by atoms with Crippen molar-refractivity contribution >= 4 is 12.0 Å². The maximum atomic E-state index is 12.5. The first kappa shape index (κ1) is 17.5. The number of aromatic nitrogens is 1. The summed E-state index contributed by atoms with van der Waals surface area (Å²) >= 11 is 0. The molecule has 132 valence electrons. The van der Waals surface area contributed by atoms with Crippen LogP contribution in [0.4, 0.5) is 0 Å². The van der Waals surface area contributed by atoms with Crippen LogP contribution in [-0.4, -0.2) is 53.4 Å². The average molecular weight is 337 g/mol. The molecule has 0 radical (unpaired) electrons. The third kappa shape index (κ3) is 4.83. The fourth-order valence-electron chi connectivity index (χ4n) is 3.32. The van der Waals surface area contributed by atoms with E-state index in [9.17, 15) is 4.79 Å². The second-order valence-electron chi connectivity index (χ2n) is 6.77. The van der Waals surface area contributed by atoms with E-state index in [4.69, 9.17) is 0 Å². The Balaban J connectivity index is 1.44. The van der Waals surface area contributed by atoms with Crippen LogP contribution in [0.15, 0.2) is 42.5 Å². The highest BCUT2D eigenvalue weighted by atomic mass is 16.2. The molecular formula is C21H27N3O. The number of hydrogen-bond acceptors (Lipinski definition) is 2. The molecule has 1 saturated heterocycles. The summed E-state index contributed by atoms with van der Waals surface area (Å²) in [6.45, 7) is 8.52. The predicted molar refractivity (Wildman–Crippen MR) is 102 cm³/mol. The molecule has 1 aromatic carbocycles. The summed E-state index contributed by atoms with van der Waals surface area (Å²) in [4.78, 5) is 20.2. The highest BCUT2D eigenvalue weighted by Crippen LogP contribution is 2.12. The van der Waals surface area contributed by atoms with Gasteiger partial charge in [-0.1, -0.05) is 42.5 Å². The Morgan fingerprint density at radius 3 is 2.48 bits per heavy atom. The molecule has 1 amide bonds. The second kappa shape index (κ2) is 8.17. The smallest absolute Gasteiger partial charge is 0.227 e. The molecular weight excluding hydrogens is 310 g/mol. The summed E-state index contributed by atoms with van der Waals surface area (Å²) in [6, 6.07) is 12.4. The van der Waals surface area contributed by atoms with Crippen LogP contribution in [0.3, 0.4) is 0 Å². The molecule has 25 heavy (non-hydrogen) atoms. The van der Waals surface area contributed by atoms with Crippen LogP contribution >= 0.6 is 0 Å². The van der Waals surface area contributed by atoms with Gasteiger partial charge < -0.3 is 9.88 Å². The van der Waals surface area contributed by atoms with Gasteiger partial charge in [-0.05, 0) is 31.0 Å². The van der Waals surface area contributed by atoms with Crippen molar-refractivity contribution in [2.45, 2.75) is 20.3 Å². The van der Waals surface area contributed by atoms with E-state index in [0.29, 0.717) is 6.42 Å². The highest BCUT2D eigenvalue weighted by molar-refractivity contribution is 5.79. The zero-order valence-corrected chi connectivity index (χ0v) is 15.2. The van der Waals surface area contributed by atoms with Crippen molar-refractivity contribution < 1.29 is 4.79 Å². The standard InChI is InChI=1S/C21H27N3O/c1-17-15-20(18(2)22-17)16-21(25)24-13-11-23(12-14-24)10-6-9-19-7-4-3-5-8-19/h3-9,15,22H,10-14,16H2,1-2H3/b9-6+. The van der Waals surface area contributed by atoms with E-state index in [1.54, 1.807) is 0 Å². The van der Waals surface area contributed by atoms with E-state index >= 15 is 0 Å². The molecule has 0 spiro atoms. The first-order valence-electron chi connectivity index (χ1n) is 8.98. The molecule has 4 nitrogen and oxygen atoms in total. The number of aryl methyl sites for hydroxylation is 2. The van der Waals surface area contributed by atoms with Crippen molar-refractivity contribution in [3.8, 4) is 0 Å². The Bertz CT molecular complexity index is 725. The van der Waals surface area contributed by atoms with E-state index < -0.39 is 0 Å². The van der Waals surface area contributed by atoms with Crippen molar-refractivity contribution in [2.75, 3.05) is 32.7 Å². The van der Waals surface area contributed by atoms with Crippen LogP contribution in [0.2, 0.25) is 0 Å². The quantitative estimate of drug-likeness (QED) is 0.911. The van der Waals surface area contributed by atoms with Crippen molar-refractivity contribution in [1.82, 2.24) is 14.8 Å². The lowest BCUT2D eigenvalue weighted by molar-refractivity contribution is -0.132. The SMILES string of the molecule is Cc1cc(CC(=O)N2CCN(C/C=C/c3ccccc3)CC2)c(C)[nH]1. The first-order valence-corrected chi connectivity index (χ1v) is 8.98. The molecule has 2 heterocycles. The summed E-state index contributed by atoms with van der Waals surface area (Å²) in [5, 5.41) is 0. The van der Waals surface area contributed by atoms with Crippen LogP contribution in [0.5, 0.6) is 0 Å². The van der Waals surface area contributed by atoms with Gasteiger partial charge in [-0.2, -0.15) is 0 Å². The number of nitrogens with one attached hydrogen (secondary N) is 1. The van der Waals surface area contributed by atoms with Gasteiger partial charge in [-0.25, -0.2) is 0 Å². The lowest BCUT2D eigenvalue weighted by Crippen LogP contribution is -2.49. The molecule has 1 N–H and O–H groups in total. The lowest BCUT2D eigenvalue weighted by atomic mass is 10.1. The molecule has 3 rings (SSSR count). The highest BCUT2D eigenvalue weighted by Gasteiger charge is 2.21. The van der Waals surface area contributed by atoms with Gasteiger partial charge in [0.1, 0.15) is 0 Å². The normalized spacial score (nSPS) is 15.8. The minimum absolute atomic E-state index is 0.238. The molecule has 1 fully saturated rings. The van der Waals surface area contributed by atoms with Gasteiger partial charge in [0.15, 0.2) is 0 Å². The van der Waals surface area contributed by atoms with Crippen LogP contribution in [-0.2, 0) is 11.2 Å². The molecule has 2 aromatic rings. The fraction of sp³-hybridized carbons (Fsp3) is 0.381. The van der Waals surface area contributed by atoms with Crippen molar-refractivity contribution in [1.29, 1.82) is 0 Å². The molecule has 1 aliphatic heterocycles. The molecule has 0 bridgehead atoms. The van der Waals surface area contributed by atoms with E-state index in [1.165, 1.54) is 5.56 Å².